The molecule has 0 atom stereocenters. The number of carbonyl (C=O) groups excluding carboxylic acids is 1. The van der Waals surface area contributed by atoms with Crippen LogP contribution < -0.4 is 10.2 Å². The van der Waals surface area contributed by atoms with Crippen LogP contribution in [0.1, 0.15) is 29.1 Å². The molecule has 0 aliphatic heterocycles. The van der Waals surface area contributed by atoms with Crippen LogP contribution in [0.15, 0.2) is 30.7 Å². The number of pyridine rings is 1. The highest BCUT2D eigenvalue weighted by Gasteiger charge is 2.21. The first-order chi connectivity index (χ1) is 11.7. The van der Waals surface area contributed by atoms with Gasteiger partial charge in [0.05, 0.1) is 10.3 Å². The standard InChI is InChI=1S/C17H19N5OS/c1-4-22(5-2)15-13-11(3)14(24-17(13)20-10-19-15)16(23)21-12-8-6-7-9-18-12/h6-10H,4-5H2,1-3H3,(H,18,21,23). The molecule has 124 valence electrons. The Hall–Kier alpha value is -2.54. The summed E-state index contributed by atoms with van der Waals surface area (Å²) < 4.78 is 0. The van der Waals surface area contributed by atoms with E-state index < -0.39 is 0 Å². The SMILES string of the molecule is CCN(CC)c1ncnc2sc(C(=O)Nc3ccccn3)c(C)c12. The van der Waals surface area contributed by atoms with Gasteiger partial charge in [-0.25, -0.2) is 15.0 Å². The molecule has 1 N–H and O–H groups in total. The summed E-state index contributed by atoms with van der Waals surface area (Å²) in [7, 11) is 0. The van der Waals surface area contributed by atoms with Gasteiger partial charge in [-0.3, -0.25) is 4.79 Å². The fourth-order valence-electron chi connectivity index (χ4n) is 2.64. The minimum absolute atomic E-state index is 0.167. The Bertz CT molecular complexity index is 858. The molecule has 3 rings (SSSR count). The Morgan fingerprint density at radius 1 is 1.21 bits per heavy atom. The van der Waals surface area contributed by atoms with Crippen molar-refractivity contribution in [3.05, 3.63) is 41.2 Å². The molecule has 0 saturated carbocycles. The van der Waals surface area contributed by atoms with Crippen molar-refractivity contribution in [2.45, 2.75) is 20.8 Å². The number of carbonyl (C=O) groups is 1. The highest BCUT2D eigenvalue weighted by molar-refractivity contribution is 7.20. The minimum Gasteiger partial charge on any atom is -0.357 e. The molecule has 0 bridgehead atoms. The molecule has 0 aliphatic rings. The topological polar surface area (TPSA) is 71.0 Å². The van der Waals surface area contributed by atoms with Gasteiger partial charge in [0.25, 0.3) is 5.91 Å². The maximum atomic E-state index is 12.6. The van der Waals surface area contributed by atoms with E-state index in [0.717, 1.165) is 34.7 Å². The lowest BCUT2D eigenvalue weighted by molar-refractivity contribution is 0.102. The van der Waals surface area contributed by atoms with Crippen molar-refractivity contribution in [2.24, 2.45) is 0 Å². The number of hydrogen-bond acceptors (Lipinski definition) is 6. The Morgan fingerprint density at radius 3 is 2.67 bits per heavy atom. The summed E-state index contributed by atoms with van der Waals surface area (Å²) in [6.45, 7) is 7.84. The summed E-state index contributed by atoms with van der Waals surface area (Å²) in [6, 6.07) is 5.42. The third-order valence-electron chi connectivity index (χ3n) is 3.88. The molecular weight excluding hydrogens is 322 g/mol. The molecule has 6 nitrogen and oxygen atoms in total. The number of nitrogens with one attached hydrogen (secondary N) is 1. The van der Waals surface area contributed by atoms with E-state index in [4.69, 9.17) is 0 Å². The van der Waals surface area contributed by atoms with Crippen molar-refractivity contribution in [2.75, 3.05) is 23.3 Å². The van der Waals surface area contributed by atoms with E-state index in [1.807, 2.05) is 19.1 Å². The highest BCUT2D eigenvalue weighted by atomic mass is 32.1. The number of rotatable bonds is 5. The number of amides is 1. The molecule has 0 spiro atoms. The molecule has 0 radical (unpaired) electrons. The fourth-order valence-corrected chi connectivity index (χ4v) is 3.68. The van der Waals surface area contributed by atoms with Crippen LogP contribution >= 0.6 is 11.3 Å². The van der Waals surface area contributed by atoms with Crippen LogP contribution in [0.25, 0.3) is 10.2 Å². The second kappa shape index (κ2) is 6.92. The zero-order valence-electron chi connectivity index (χ0n) is 13.9. The average molecular weight is 341 g/mol. The Labute approximate surface area is 144 Å². The van der Waals surface area contributed by atoms with E-state index in [0.29, 0.717) is 10.7 Å². The van der Waals surface area contributed by atoms with E-state index >= 15 is 0 Å². The number of hydrogen-bond donors (Lipinski definition) is 1. The van der Waals surface area contributed by atoms with Gasteiger partial charge in [0.1, 0.15) is 22.8 Å². The van der Waals surface area contributed by atoms with Crippen LogP contribution in [0.3, 0.4) is 0 Å². The molecule has 1 amide bonds. The van der Waals surface area contributed by atoms with Crippen LogP contribution in [-0.2, 0) is 0 Å². The molecule has 0 unspecified atom stereocenters. The summed E-state index contributed by atoms with van der Waals surface area (Å²) in [5.41, 5.74) is 0.908. The van der Waals surface area contributed by atoms with Gasteiger partial charge in [-0.15, -0.1) is 11.3 Å². The second-order valence-electron chi connectivity index (χ2n) is 5.28. The number of thiophene rings is 1. The number of fused-ring (bicyclic) bond motifs is 1. The van der Waals surface area contributed by atoms with Crippen LogP contribution in [0, 0.1) is 6.92 Å². The number of anilines is 2. The summed E-state index contributed by atoms with van der Waals surface area (Å²) in [5, 5.41) is 3.79. The zero-order chi connectivity index (χ0) is 17.1. The van der Waals surface area contributed by atoms with Gasteiger partial charge in [-0.2, -0.15) is 0 Å². The lowest BCUT2D eigenvalue weighted by atomic mass is 10.2. The first-order valence-corrected chi connectivity index (χ1v) is 8.68. The molecule has 0 saturated heterocycles. The van der Waals surface area contributed by atoms with Gasteiger partial charge >= 0.3 is 0 Å². The van der Waals surface area contributed by atoms with Crippen molar-refractivity contribution in [3.8, 4) is 0 Å². The van der Waals surface area contributed by atoms with E-state index in [1.54, 1.807) is 18.6 Å². The lowest BCUT2D eigenvalue weighted by Gasteiger charge is -2.20. The summed E-state index contributed by atoms with van der Waals surface area (Å²) in [5.74, 6) is 1.25. The predicted octanol–water partition coefficient (Wildman–Crippen LogP) is 3.49. The van der Waals surface area contributed by atoms with Gasteiger partial charge in [0.2, 0.25) is 0 Å². The van der Waals surface area contributed by atoms with Gasteiger partial charge in [-0.05, 0) is 38.5 Å². The quantitative estimate of drug-likeness (QED) is 0.769. The van der Waals surface area contributed by atoms with Gasteiger partial charge in [-0.1, -0.05) is 6.07 Å². The normalized spacial score (nSPS) is 10.8. The molecule has 3 aromatic rings. The smallest absolute Gasteiger partial charge is 0.267 e. The Balaban J connectivity index is 2.02. The van der Waals surface area contributed by atoms with Crippen LogP contribution in [0.2, 0.25) is 0 Å². The molecule has 0 aromatic carbocycles. The van der Waals surface area contributed by atoms with Gasteiger partial charge < -0.3 is 10.2 Å². The van der Waals surface area contributed by atoms with E-state index in [9.17, 15) is 4.79 Å². The molecule has 3 heterocycles. The fraction of sp³-hybridized carbons (Fsp3) is 0.294. The Kier molecular flexibility index (Phi) is 4.71. The van der Waals surface area contributed by atoms with E-state index in [1.165, 1.54) is 11.3 Å². The number of aryl methyl sites for hydroxylation is 1. The second-order valence-corrected chi connectivity index (χ2v) is 6.27. The predicted molar refractivity (Wildman–Crippen MR) is 97.9 cm³/mol. The highest BCUT2D eigenvalue weighted by Crippen LogP contribution is 2.35. The molecular formula is C17H19N5OS. The molecule has 7 heteroatoms. The van der Waals surface area contributed by atoms with Gasteiger partial charge in [0.15, 0.2) is 0 Å². The molecule has 24 heavy (non-hydrogen) atoms. The maximum Gasteiger partial charge on any atom is 0.267 e. The van der Waals surface area contributed by atoms with Crippen LogP contribution in [0.4, 0.5) is 11.6 Å². The van der Waals surface area contributed by atoms with Crippen LogP contribution in [0.5, 0.6) is 0 Å². The van der Waals surface area contributed by atoms with Crippen molar-refractivity contribution in [1.29, 1.82) is 0 Å². The number of nitrogens with zero attached hydrogens (tertiary/aromatic N) is 4. The van der Waals surface area contributed by atoms with E-state index in [2.05, 4.69) is 39.0 Å². The first-order valence-electron chi connectivity index (χ1n) is 7.87. The van der Waals surface area contributed by atoms with E-state index in [-0.39, 0.29) is 5.91 Å². The zero-order valence-corrected chi connectivity index (χ0v) is 14.7. The minimum atomic E-state index is -0.167. The molecule has 0 aliphatic carbocycles. The number of aromatic nitrogens is 3. The summed E-state index contributed by atoms with van der Waals surface area (Å²) in [6.07, 6.45) is 3.21. The molecule has 3 aromatic heterocycles. The first kappa shape index (κ1) is 16.3. The van der Waals surface area contributed by atoms with Crippen molar-refractivity contribution >= 4 is 39.1 Å². The largest absolute Gasteiger partial charge is 0.357 e. The third kappa shape index (κ3) is 2.94. The van der Waals surface area contributed by atoms with Crippen molar-refractivity contribution in [3.63, 3.8) is 0 Å². The van der Waals surface area contributed by atoms with Crippen molar-refractivity contribution in [1.82, 2.24) is 15.0 Å². The lowest BCUT2D eigenvalue weighted by Crippen LogP contribution is -2.23. The monoisotopic (exact) mass is 341 g/mol. The third-order valence-corrected chi connectivity index (χ3v) is 5.08. The average Bonchev–Trinajstić information content (AvgIpc) is 2.95. The maximum absolute atomic E-state index is 12.6. The van der Waals surface area contributed by atoms with Gasteiger partial charge in [0, 0.05) is 19.3 Å². The summed E-state index contributed by atoms with van der Waals surface area (Å²) in [4.78, 5) is 29.2. The summed E-state index contributed by atoms with van der Waals surface area (Å²) >= 11 is 1.39. The Morgan fingerprint density at radius 2 is 2.00 bits per heavy atom. The van der Waals surface area contributed by atoms with Crippen molar-refractivity contribution < 1.29 is 4.79 Å². The van der Waals surface area contributed by atoms with Crippen LogP contribution in [-0.4, -0.2) is 33.9 Å². The molecule has 0 fully saturated rings.